The summed E-state index contributed by atoms with van der Waals surface area (Å²) < 4.78 is 65.2. The Hall–Kier alpha value is -2.39. The predicted molar refractivity (Wildman–Crippen MR) is 84.7 cm³/mol. The van der Waals surface area contributed by atoms with Gasteiger partial charge in [0.1, 0.15) is 22.3 Å². The van der Waals surface area contributed by atoms with Gasteiger partial charge in [0, 0.05) is 13.1 Å². The first kappa shape index (κ1) is 18.9. The maximum absolute atomic E-state index is 13.5. The van der Waals surface area contributed by atoms with Crippen LogP contribution in [-0.2, 0) is 21.2 Å². The minimum atomic E-state index is -4.23. The molecule has 0 spiro atoms. The molecule has 0 fully saturated rings. The second kappa shape index (κ2) is 8.13. The van der Waals surface area contributed by atoms with Gasteiger partial charge in [-0.1, -0.05) is 12.1 Å². The van der Waals surface area contributed by atoms with Gasteiger partial charge in [-0.25, -0.2) is 26.3 Å². The quantitative estimate of drug-likeness (QED) is 0.727. The number of sulfonamides is 1. The van der Waals surface area contributed by atoms with E-state index in [1.165, 1.54) is 24.3 Å². The van der Waals surface area contributed by atoms with Gasteiger partial charge in [-0.3, -0.25) is 4.79 Å². The summed E-state index contributed by atoms with van der Waals surface area (Å²) in [5, 5.41) is 2.47. The first-order valence-electron chi connectivity index (χ1n) is 7.24. The van der Waals surface area contributed by atoms with Crippen LogP contribution in [0, 0.1) is 17.5 Å². The summed E-state index contributed by atoms with van der Waals surface area (Å²) in [6, 6.07) is 7.48. The molecule has 9 heteroatoms. The van der Waals surface area contributed by atoms with Gasteiger partial charge >= 0.3 is 0 Å². The molecule has 5 nitrogen and oxygen atoms in total. The van der Waals surface area contributed by atoms with E-state index in [0.717, 1.165) is 6.07 Å². The molecule has 0 saturated carbocycles. The van der Waals surface area contributed by atoms with Gasteiger partial charge in [-0.05, 0) is 35.9 Å². The molecule has 25 heavy (non-hydrogen) atoms. The molecule has 0 bridgehead atoms. The summed E-state index contributed by atoms with van der Waals surface area (Å²) in [6.45, 7) is -0.246. The van der Waals surface area contributed by atoms with Crippen molar-refractivity contribution >= 4 is 15.9 Å². The van der Waals surface area contributed by atoms with E-state index in [0.29, 0.717) is 17.7 Å². The van der Waals surface area contributed by atoms with Crippen LogP contribution < -0.4 is 10.0 Å². The first-order chi connectivity index (χ1) is 11.8. The lowest BCUT2D eigenvalue weighted by Crippen LogP contribution is -2.35. The van der Waals surface area contributed by atoms with Crippen LogP contribution in [0.25, 0.3) is 0 Å². The number of halogens is 3. The molecular weight excluding hydrogens is 357 g/mol. The van der Waals surface area contributed by atoms with Crippen LogP contribution in [0.2, 0.25) is 0 Å². The van der Waals surface area contributed by atoms with Crippen LogP contribution in [0.15, 0.2) is 47.4 Å². The number of rotatable bonds is 7. The van der Waals surface area contributed by atoms with Gasteiger partial charge < -0.3 is 5.32 Å². The Balaban J connectivity index is 1.82. The highest BCUT2D eigenvalue weighted by Gasteiger charge is 2.19. The molecule has 0 heterocycles. The summed E-state index contributed by atoms with van der Waals surface area (Å²) in [7, 11) is -4.23. The minimum Gasteiger partial charge on any atom is -0.355 e. The standard InChI is InChI=1S/C16H15F3N2O3S/c17-12-3-1-11(2-4-12)9-16(22)20-7-8-21-25(23,24)15-10-13(18)5-6-14(15)19/h1-6,10,21H,7-9H2,(H,20,22). The van der Waals surface area contributed by atoms with Crippen LogP contribution in [0.5, 0.6) is 0 Å². The number of carbonyl (C=O) groups is 1. The first-order valence-corrected chi connectivity index (χ1v) is 8.72. The van der Waals surface area contributed by atoms with Gasteiger partial charge in [-0.2, -0.15) is 0 Å². The van der Waals surface area contributed by atoms with E-state index in [9.17, 15) is 26.4 Å². The second-order valence-corrected chi connectivity index (χ2v) is 6.86. The van der Waals surface area contributed by atoms with E-state index in [2.05, 4.69) is 10.0 Å². The SMILES string of the molecule is O=C(Cc1ccc(F)cc1)NCCNS(=O)(=O)c1cc(F)ccc1F. The zero-order chi connectivity index (χ0) is 18.4. The maximum atomic E-state index is 13.5. The molecule has 0 radical (unpaired) electrons. The van der Waals surface area contributed by atoms with Crippen molar-refractivity contribution in [2.75, 3.05) is 13.1 Å². The molecular formula is C16H15F3N2O3S. The van der Waals surface area contributed by atoms with E-state index in [4.69, 9.17) is 0 Å². The van der Waals surface area contributed by atoms with E-state index >= 15 is 0 Å². The summed E-state index contributed by atoms with van der Waals surface area (Å²) in [5.74, 6) is -2.76. The van der Waals surface area contributed by atoms with E-state index < -0.39 is 32.4 Å². The molecule has 0 aliphatic rings. The molecule has 1 amide bonds. The molecule has 2 N–H and O–H groups in total. The Morgan fingerprint density at radius 2 is 1.56 bits per heavy atom. The number of benzene rings is 2. The highest BCUT2D eigenvalue weighted by atomic mass is 32.2. The molecule has 2 aromatic carbocycles. The number of nitrogens with one attached hydrogen (secondary N) is 2. The van der Waals surface area contributed by atoms with Crippen molar-refractivity contribution in [3.8, 4) is 0 Å². The van der Waals surface area contributed by atoms with Gasteiger partial charge in [0.2, 0.25) is 15.9 Å². The normalized spacial score (nSPS) is 11.3. The van der Waals surface area contributed by atoms with E-state index in [1.807, 2.05) is 0 Å². The molecule has 0 aliphatic heterocycles. The zero-order valence-corrected chi connectivity index (χ0v) is 13.7. The zero-order valence-electron chi connectivity index (χ0n) is 12.9. The van der Waals surface area contributed by atoms with Crippen molar-refractivity contribution in [1.29, 1.82) is 0 Å². The molecule has 2 rings (SSSR count). The van der Waals surface area contributed by atoms with Crippen molar-refractivity contribution < 1.29 is 26.4 Å². The Bertz CT molecular complexity index is 855. The topological polar surface area (TPSA) is 75.3 Å². The summed E-state index contributed by atoms with van der Waals surface area (Å²) in [4.78, 5) is 10.9. The summed E-state index contributed by atoms with van der Waals surface area (Å²) >= 11 is 0. The Kier molecular flexibility index (Phi) is 6.16. The lowest BCUT2D eigenvalue weighted by atomic mass is 10.1. The summed E-state index contributed by atoms with van der Waals surface area (Å²) in [5.41, 5.74) is 0.598. The predicted octanol–water partition coefficient (Wildman–Crippen LogP) is 1.74. The average molecular weight is 372 g/mol. The monoisotopic (exact) mass is 372 g/mol. The van der Waals surface area contributed by atoms with Gasteiger partial charge in [-0.15, -0.1) is 0 Å². The fourth-order valence-corrected chi connectivity index (χ4v) is 3.12. The Labute approximate surface area is 142 Å². The van der Waals surface area contributed by atoms with Crippen LogP contribution in [-0.4, -0.2) is 27.4 Å². The lowest BCUT2D eigenvalue weighted by Gasteiger charge is -2.09. The fourth-order valence-electron chi connectivity index (χ4n) is 2.00. The van der Waals surface area contributed by atoms with Gasteiger partial charge in [0.25, 0.3) is 0 Å². The minimum absolute atomic E-state index is 0.00551. The average Bonchev–Trinajstić information content (AvgIpc) is 2.56. The second-order valence-electron chi connectivity index (χ2n) is 5.13. The highest BCUT2D eigenvalue weighted by Crippen LogP contribution is 2.15. The van der Waals surface area contributed by atoms with Crippen molar-refractivity contribution in [3.05, 3.63) is 65.5 Å². The molecule has 2 aromatic rings. The number of carbonyl (C=O) groups excluding carboxylic acids is 1. The Morgan fingerprint density at radius 3 is 2.24 bits per heavy atom. The third-order valence-corrected chi connectivity index (χ3v) is 4.68. The lowest BCUT2D eigenvalue weighted by molar-refractivity contribution is -0.120. The number of hydrogen-bond donors (Lipinski definition) is 2. The van der Waals surface area contributed by atoms with Crippen molar-refractivity contribution in [1.82, 2.24) is 10.0 Å². The third-order valence-electron chi connectivity index (χ3n) is 3.20. The summed E-state index contributed by atoms with van der Waals surface area (Å²) in [6.07, 6.45) is 0.00551. The van der Waals surface area contributed by atoms with Gasteiger partial charge in [0.15, 0.2) is 0 Å². The van der Waals surface area contributed by atoms with Crippen LogP contribution in [0.1, 0.15) is 5.56 Å². The largest absolute Gasteiger partial charge is 0.355 e. The van der Waals surface area contributed by atoms with Crippen molar-refractivity contribution in [2.45, 2.75) is 11.3 Å². The molecule has 0 saturated heterocycles. The van der Waals surface area contributed by atoms with Crippen LogP contribution in [0.3, 0.4) is 0 Å². The molecule has 0 unspecified atom stereocenters. The van der Waals surface area contributed by atoms with E-state index in [1.54, 1.807) is 0 Å². The highest BCUT2D eigenvalue weighted by molar-refractivity contribution is 7.89. The molecule has 134 valence electrons. The van der Waals surface area contributed by atoms with Crippen molar-refractivity contribution in [2.24, 2.45) is 0 Å². The van der Waals surface area contributed by atoms with Crippen LogP contribution >= 0.6 is 0 Å². The number of hydrogen-bond acceptors (Lipinski definition) is 3. The van der Waals surface area contributed by atoms with E-state index in [-0.39, 0.29) is 25.4 Å². The molecule has 0 aromatic heterocycles. The van der Waals surface area contributed by atoms with Crippen molar-refractivity contribution in [3.63, 3.8) is 0 Å². The Morgan fingerprint density at radius 1 is 0.920 bits per heavy atom. The third kappa shape index (κ3) is 5.57. The fraction of sp³-hybridized carbons (Fsp3) is 0.188. The molecule has 0 atom stereocenters. The maximum Gasteiger partial charge on any atom is 0.243 e. The number of amides is 1. The van der Waals surface area contributed by atoms with Crippen LogP contribution in [0.4, 0.5) is 13.2 Å². The molecule has 0 aliphatic carbocycles. The smallest absolute Gasteiger partial charge is 0.243 e. The van der Waals surface area contributed by atoms with Gasteiger partial charge in [0.05, 0.1) is 6.42 Å².